The molecule has 3 heterocycles. The van der Waals surface area contributed by atoms with E-state index in [-0.39, 0.29) is 12.1 Å². The molecule has 2 aromatic heterocycles. The van der Waals surface area contributed by atoms with Gasteiger partial charge in [-0.15, -0.1) is 0 Å². The maximum atomic E-state index is 5.76. The van der Waals surface area contributed by atoms with Crippen molar-refractivity contribution in [2.45, 2.75) is 38.5 Å². The number of hydrogen-bond acceptors (Lipinski definition) is 3. The first kappa shape index (κ1) is 19.5. The Morgan fingerprint density at radius 2 is 1.93 bits per heavy atom. The minimum absolute atomic E-state index is 0.00459. The number of methoxy groups -OCH3 is 1. The third kappa shape index (κ3) is 3.98. The second kappa shape index (κ2) is 8.25. The highest BCUT2D eigenvalue weighted by molar-refractivity contribution is 7.80. The molecule has 3 aromatic rings. The van der Waals surface area contributed by atoms with Gasteiger partial charge in [-0.05, 0) is 67.5 Å². The largest absolute Gasteiger partial charge is 0.497 e. The van der Waals surface area contributed by atoms with Gasteiger partial charge in [0.15, 0.2) is 5.11 Å². The van der Waals surface area contributed by atoms with Crippen LogP contribution in [0, 0.1) is 0 Å². The summed E-state index contributed by atoms with van der Waals surface area (Å²) < 4.78 is 7.52. The lowest BCUT2D eigenvalue weighted by molar-refractivity contribution is 0.310. The molecule has 6 heteroatoms. The van der Waals surface area contributed by atoms with Gasteiger partial charge >= 0.3 is 0 Å². The summed E-state index contributed by atoms with van der Waals surface area (Å²) in [4.78, 5) is 6.87. The van der Waals surface area contributed by atoms with E-state index < -0.39 is 0 Å². The molecule has 0 spiro atoms. The first-order valence-corrected chi connectivity index (χ1v) is 10.3. The topological polar surface area (TPSA) is 42.3 Å². The molecule has 1 aliphatic heterocycles. The van der Waals surface area contributed by atoms with Crippen LogP contribution in [0.1, 0.15) is 48.8 Å². The molecule has 150 valence electrons. The van der Waals surface area contributed by atoms with Gasteiger partial charge in [-0.25, -0.2) is 0 Å². The molecule has 0 aliphatic carbocycles. The number of thiocarbonyl (C=S) groups is 1. The average Bonchev–Trinajstić information content (AvgIpc) is 3.35. The fourth-order valence-electron chi connectivity index (χ4n) is 3.79. The Hall–Kier alpha value is -2.86. The van der Waals surface area contributed by atoms with Crippen LogP contribution in [0.2, 0.25) is 0 Å². The molecule has 0 amide bonds. The third-order valence-electron chi connectivity index (χ3n) is 5.38. The first-order valence-electron chi connectivity index (χ1n) is 9.85. The highest BCUT2D eigenvalue weighted by atomic mass is 32.1. The van der Waals surface area contributed by atoms with Crippen molar-refractivity contribution < 1.29 is 4.74 Å². The highest BCUT2D eigenvalue weighted by Gasteiger charge is 2.40. The van der Waals surface area contributed by atoms with E-state index in [0.29, 0.717) is 6.04 Å². The van der Waals surface area contributed by atoms with E-state index in [9.17, 15) is 0 Å². The van der Waals surface area contributed by atoms with Crippen molar-refractivity contribution in [3.63, 3.8) is 0 Å². The third-order valence-corrected chi connectivity index (χ3v) is 5.74. The molecule has 1 aromatic carbocycles. The van der Waals surface area contributed by atoms with Crippen LogP contribution in [0.15, 0.2) is 67.1 Å². The first-order chi connectivity index (χ1) is 14.1. The molecular formula is C23H26N4OS. The summed E-state index contributed by atoms with van der Waals surface area (Å²) in [5, 5.41) is 4.26. The Balaban J connectivity index is 1.69. The lowest BCUT2D eigenvalue weighted by atomic mass is 9.98. The van der Waals surface area contributed by atoms with Crippen LogP contribution in [-0.4, -0.2) is 26.7 Å². The van der Waals surface area contributed by atoms with Crippen molar-refractivity contribution in [3.05, 3.63) is 83.9 Å². The highest BCUT2D eigenvalue weighted by Crippen LogP contribution is 2.39. The zero-order valence-corrected chi connectivity index (χ0v) is 17.8. The molecule has 29 heavy (non-hydrogen) atoms. The van der Waals surface area contributed by atoms with E-state index in [4.69, 9.17) is 17.0 Å². The van der Waals surface area contributed by atoms with Gasteiger partial charge in [0.25, 0.3) is 0 Å². The van der Waals surface area contributed by atoms with Crippen LogP contribution in [0.3, 0.4) is 0 Å². The standard InChI is InChI=1S/C23H26N4OS/c1-16(2)26-13-11-18(15-26)22-21(20-6-4-5-12-24-20)25-23(29)27(22)14-17-7-9-19(28-3)10-8-17/h4-13,15-16,21-22H,14H2,1-3H3,(H,25,29)/t21-,22+/m1/s1. The van der Waals surface area contributed by atoms with Gasteiger partial charge in [0.2, 0.25) is 0 Å². The summed E-state index contributed by atoms with van der Waals surface area (Å²) in [6, 6.07) is 16.9. The average molecular weight is 407 g/mol. The second-order valence-corrected chi connectivity index (χ2v) is 7.98. The molecule has 1 N–H and O–H groups in total. The summed E-state index contributed by atoms with van der Waals surface area (Å²) in [6.07, 6.45) is 6.20. The molecule has 4 rings (SSSR count). The number of benzene rings is 1. The van der Waals surface area contributed by atoms with E-state index in [1.54, 1.807) is 7.11 Å². The van der Waals surface area contributed by atoms with Gasteiger partial charge in [-0.1, -0.05) is 18.2 Å². The number of ether oxygens (including phenoxy) is 1. The quantitative estimate of drug-likeness (QED) is 0.604. The lowest BCUT2D eigenvalue weighted by Gasteiger charge is -2.27. The van der Waals surface area contributed by atoms with Gasteiger partial charge in [0, 0.05) is 31.2 Å². The number of nitrogens with one attached hydrogen (secondary N) is 1. The van der Waals surface area contributed by atoms with Gasteiger partial charge < -0.3 is 19.5 Å². The smallest absolute Gasteiger partial charge is 0.170 e. The van der Waals surface area contributed by atoms with E-state index in [1.807, 2.05) is 30.5 Å². The Labute approximate surface area is 177 Å². The van der Waals surface area contributed by atoms with Gasteiger partial charge in [0.1, 0.15) is 5.75 Å². The van der Waals surface area contributed by atoms with Crippen LogP contribution >= 0.6 is 12.2 Å². The van der Waals surface area contributed by atoms with Crippen LogP contribution in [0.4, 0.5) is 0 Å². The molecule has 0 saturated carbocycles. The van der Waals surface area contributed by atoms with Crippen LogP contribution in [-0.2, 0) is 6.54 Å². The van der Waals surface area contributed by atoms with Crippen molar-refractivity contribution in [3.8, 4) is 5.75 Å². The van der Waals surface area contributed by atoms with Crippen molar-refractivity contribution >= 4 is 17.3 Å². The Bertz CT molecular complexity index is 968. The zero-order chi connectivity index (χ0) is 20.4. The van der Waals surface area contributed by atoms with E-state index in [1.165, 1.54) is 11.1 Å². The summed E-state index contributed by atoms with van der Waals surface area (Å²) in [5.41, 5.74) is 3.41. The maximum Gasteiger partial charge on any atom is 0.170 e. The normalized spacial score (nSPS) is 18.9. The number of aromatic nitrogens is 2. The van der Waals surface area contributed by atoms with Crippen molar-refractivity contribution in [1.29, 1.82) is 0 Å². The van der Waals surface area contributed by atoms with E-state index >= 15 is 0 Å². The minimum atomic E-state index is 0.00459. The number of rotatable bonds is 6. The molecule has 1 fully saturated rings. The molecule has 5 nitrogen and oxygen atoms in total. The monoisotopic (exact) mass is 406 g/mol. The predicted octanol–water partition coefficient (Wildman–Crippen LogP) is 4.65. The SMILES string of the molecule is COc1ccc(CN2C(=S)N[C@H](c3ccccn3)[C@@H]2c2ccn(C(C)C)c2)cc1. The predicted molar refractivity (Wildman–Crippen MR) is 119 cm³/mol. The molecule has 0 radical (unpaired) electrons. The minimum Gasteiger partial charge on any atom is -0.497 e. The Morgan fingerprint density at radius 3 is 2.55 bits per heavy atom. The summed E-state index contributed by atoms with van der Waals surface area (Å²) in [6.45, 7) is 5.09. The molecular weight excluding hydrogens is 380 g/mol. The number of nitrogens with zero attached hydrogens (tertiary/aromatic N) is 3. The van der Waals surface area contributed by atoms with Crippen molar-refractivity contribution in [1.82, 2.24) is 19.8 Å². The van der Waals surface area contributed by atoms with Crippen LogP contribution < -0.4 is 10.1 Å². The summed E-state index contributed by atoms with van der Waals surface area (Å²) >= 11 is 5.76. The fraction of sp³-hybridized carbons (Fsp3) is 0.304. The Kier molecular flexibility index (Phi) is 5.53. The van der Waals surface area contributed by atoms with Crippen molar-refractivity contribution in [2.24, 2.45) is 0 Å². The van der Waals surface area contributed by atoms with Crippen LogP contribution in [0.25, 0.3) is 0 Å². The Morgan fingerprint density at radius 1 is 1.14 bits per heavy atom. The molecule has 2 atom stereocenters. The van der Waals surface area contributed by atoms with Gasteiger partial charge in [-0.2, -0.15) is 0 Å². The summed E-state index contributed by atoms with van der Waals surface area (Å²) in [7, 11) is 1.68. The summed E-state index contributed by atoms with van der Waals surface area (Å²) in [5.74, 6) is 0.854. The second-order valence-electron chi connectivity index (χ2n) is 7.59. The van der Waals surface area contributed by atoms with Crippen LogP contribution in [0.5, 0.6) is 5.75 Å². The molecule has 1 aliphatic rings. The molecule has 0 unspecified atom stereocenters. The maximum absolute atomic E-state index is 5.76. The lowest BCUT2D eigenvalue weighted by Crippen LogP contribution is -2.29. The molecule has 1 saturated heterocycles. The zero-order valence-electron chi connectivity index (χ0n) is 16.9. The number of hydrogen-bond donors (Lipinski definition) is 1. The van der Waals surface area contributed by atoms with Gasteiger partial charge in [-0.3, -0.25) is 4.98 Å². The van der Waals surface area contributed by atoms with E-state index in [0.717, 1.165) is 23.1 Å². The van der Waals surface area contributed by atoms with E-state index in [2.05, 4.69) is 70.3 Å². The molecule has 0 bridgehead atoms. The fourth-order valence-corrected chi connectivity index (χ4v) is 4.10. The van der Waals surface area contributed by atoms with Crippen molar-refractivity contribution in [2.75, 3.05) is 7.11 Å². The van der Waals surface area contributed by atoms with Gasteiger partial charge in [0.05, 0.1) is 24.9 Å². The number of pyridine rings is 1.